The number of hydrogen-bond acceptors (Lipinski definition) is 2. The number of benzene rings is 1. The lowest BCUT2D eigenvalue weighted by molar-refractivity contribution is 0.0947. The molecule has 0 aromatic heterocycles. The van der Waals surface area contributed by atoms with E-state index < -0.39 is 0 Å². The highest BCUT2D eigenvalue weighted by molar-refractivity contribution is 5.94. The zero-order chi connectivity index (χ0) is 12.1. The average Bonchev–Trinajstić information content (AvgIpc) is 2.37. The van der Waals surface area contributed by atoms with Crippen LogP contribution in [0.5, 0.6) is 0 Å². The molecular weight excluding hydrogens is 212 g/mol. The molecule has 1 atom stereocenters. The Hall–Kier alpha value is -1.35. The molecule has 3 heteroatoms. The van der Waals surface area contributed by atoms with Gasteiger partial charge in [-0.2, -0.15) is 0 Å². The fraction of sp³-hybridized carbons (Fsp3) is 0.500. The van der Waals surface area contributed by atoms with E-state index >= 15 is 0 Å². The molecule has 1 saturated heterocycles. The summed E-state index contributed by atoms with van der Waals surface area (Å²) in [6.45, 7) is 3.80. The van der Waals surface area contributed by atoms with Gasteiger partial charge < -0.3 is 10.6 Å². The average molecular weight is 232 g/mol. The van der Waals surface area contributed by atoms with Crippen molar-refractivity contribution in [2.45, 2.75) is 32.2 Å². The largest absolute Gasteiger partial charge is 0.350 e. The van der Waals surface area contributed by atoms with E-state index in [1.807, 2.05) is 31.2 Å². The van der Waals surface area contributed by atoms with Gasteiger partial charge in [-0.15, -0.1) is 0 Å². The summed E-state index contributed by atoms with van der Waals surface area (Å²) in [5.41, 5.74) is 1.87. The predicted molar refractivity (Wildman–Crippen MR) is 69.2 cm³/mol. The van der Waals surface area contributed by atoms with Crippen LogP contribution in [-0.4, -0.2) is 25.0 Å². The first kappa shape index (κ1) is 12.1. The highest BCUT2D eigenvalue weighted by Gasteiger charge is 2.13. The number of amides is 1. The third-order valence-electron chi connectivity index (χ3n) is 3.20. The topological polar surface area (TPSA) is 41.1 Å². The molecule has 2 N–H and O–H groups in total. The lowest BCUT2D eigenvalue weighted by Gasteiger charge is -2.23. The maximum atomic E-state index is 11.9. The summed E-state index contributed by atoms with van der Waals surface area (Å²) in [4.78, 5) is 11.9. The van der Waals surface area contributed by atoms with Gasteiger partial charge in [-0.1, -0.05) is 24.1 Å². The van der Waals surface area contributed by atoms with Crippen LogP contribution < -0.4 is 10.6 Å². The zero-order valence-corrected chi connectivity index (χ0v) is 10.3. The van der Waals surface area contributed by atoms with Crippen molar-refractivity contribution in [1.29, 1.82) is 0 Å². The number of carbonyl (C=O) groups excluding carboxylic acids is 1. The van der Waals surface area contributed by atoms with Crippen LogP contribution in [0.2, 0.25) is 0 Å². The molecule has 3 nitrogen and oxygen atoms in total. The van der Waals surface area contributed by atoms with Crippen LogP contribution in [0.3, 0.4) is 0 Å². The summed E-state index contributed by atoms with van der Waals surface area (Å²) >= 11 is 0. The molecular formula is C14H20N2O. The quantitative estimate of drug-likeness (QED) is 0.835. The van der Waals surface area contributed by atoms with E-state index in [4.69, 9.17) is 0 Å². The summed E-state index contributed by atoms with van der Waals surface area (Å²) < 4.78 is 0. The summed E-state index contributed by atoms with van der Waals surface area (Å²) in [6.07, 6.45) is 3.68. The van der Waals surface area contributed by atoms with E-state index in [1.54, 1.807) is 0 Å². The first-order chi connectivity index (χ1) is 8.25. The van der Waals surface area contributed by atoms with E-state index in [0.717, 1.165) is 30.6 Å². The maximum Gasteiger partial charge on any atom is 0.251 e. The second-order valence-electron chi connectivity index (χ2n) is 4.73. The smallest absolute Gasteiger partial charge is 0.251 e. The van der Waals surface area contributed by atoms with Gasteiger partial charge in [-0.3, -0.25) is 4.79 Å². The van der Waals surface area contributed by atoms with Crippen molar-refractivity contribution in [1.82, 2.24) is 10.6 Å². The molecule has 17 heavy (non-hydrogen) atoms. The van der Waals surface area contributed by atoms with Gasteiger partial charge in [0.1, 0.15) is 0 Å². The Kier molecular flexibility index (Phi) is 4.15. The van der Waals surface area contributed by atoms with Crippen LogP contribution in [0.25, 0.3) is 0 Å². The standard InChI is InChI=1S/C14H20N2O/c1-11-5-4-6-12(9-11)14(17)16-10-13-7-2-3-8-15-13/h4-6,9,13,15H,2-3,7-8,10H2,1H3,(H,16,17). The van der Waals surface area contributed by atoms with Crippen molar-refractivity contribution in [3.05, 3.63) is 35.4 Å². The summed E-state index contributed by atoms with van der Waals surface area (Å²) in [5.74, 6) is 0.0288. The normalized spacial score (nSPS) is 19.9. The monoisotopic (exact) mass is 232 g/mol. The third-order valence-corrected chi connectivity index (χ3v) is 3.20. The van der Waals surface area contributed by atoms with Crippen molar-refractivity contribution in [2.24, 2.45) is 0 Å². The third kappa shape index (κ3) is 3.56. The SMILES string of the molecule is Cc1cccc(C(=O)NCC2CCCCN2)c1. The molecule has 0 saturated carbocycles. The van der Waals surface area contributed by atoms with Crippen molar-refractivity contribution < 1.29 is 4.79 Å². The number of rotatable bonds is 3. The minimum atomic E-state index is 0.0288. The molecule has 1 aliphatic rings. The second kappa shape index (κ2) is 5.82. The van der Waals surface area contributed by atoms with E-state index in [-0.39, 0.29) is 5.91 Å². The molecule has 1 fully saturated rings. The first-order valence-electron chi connectivity index (χ1n) is 6.34. The molecule has 2 rings (SSSR count). The van der Waals surface area contributed by atoms with Crippen LogP contribution in [0.1, 0.15) is 35.2 Å². The Balaban J connectivity index is 1.84. The minimum absolute atomic E-state index is 0.0288. The Bertz CT molecular complexity index is 384. The van der Waals surface area contributed by atoms with Gasteiger partial charge >= 0.3 is 0 Å². The minimum Gasteiger partial charge on any atom is -0.350 e. The molecule has 0 radical (unpaired) electrons. The molecule has 1 heterocycles. The Morgan fingerprint density at radius 1 is 1.47 bits per heavy atom. The lowest BCUT2D eigenvalue weighted by atomic mass is 10.0. The molecule has 0 aliphatic carbocycles. The van der Waals surface area contributed by atoms with Crippen molar-refractivity contribution in [3.8, 4) is 0 Å². The van der Waals surface area contributed by atoms with Crippen molar-refractivity contribution in [2.75, 3.05) is 13.1 Å². The molecule has 0 spiro atoms. The van der Waals surface area contributed by atoms with E-state index in [0.29, 0.717) is 6.04 Å². The number of carbonyl (C=O) groups is 1. The van der Waals surface area contributed by atoms with Crippen LogP contribution in [0, 0.1) is 6.92 Å². The van der Waals surface area contributed by atoms with Crippen LogP contribution in [0.4, 0.5) is 0 Å². The summed E-state index contributed by atoms with van der Waals surface area (Å²) in [6, 6.07) is 8.14. The highest BCUT2D eigenvalue weighted by Crippen LogP contribution is 2.07. The fourth-order valence-corrected chi connectivity index (χ4v) is 2.20. The zero-order valence-electron chi connectivity index (χ0n) is 10.3. The number of aryl methyl sites for hydroxylation is 1. The molecule has 1 aliphatic heterocycles. The molecule has 1 aromatic rings. The van der Waals surface area contributed by atoms with Gasteiger partial charge in [-0.25, -0.2) is 0 Å². The first-order valence-corrected chi connectivity index (χ1v) is 6.34. The Labute approximate surface area is 103 Å². The van der Waals surface area contributed by atoms with Crippen molar-refractivity contribution in [3.63, 3.8) is 0 Å². The summed E-state index contributed by atoms with van der Waals surface area (Å²) in [5, 5.41) is 6.42. The molecule has 0 bridgehead atoms. The molecule has 1 aromatic carbocycles. The van der Waals surface area contributed by atoms with Crippen molar-refractivity contribution >= 4 is 5.91 Å². The van der Waals surface area contributed by atoms with Gasteiger partial charge in [0.25, 0.3) is 5.91 Å². The Morgan fingerprint density at radius 2 is 2.35 bits per heavy atom. The lowest BCUT2D eigenvalue weighted by Crippen LogP contribution is -2.43. The van der Waals surface area contributed by atoms with Gasteiger partial charge in [0.15, 0.2) is 0 Å². The number of piperidine rings is 1. The van der Waals surface area contributed by atoms with Crippen LogP contribution >= 0.6 is 0 Å². The highest BCUT2D eigenvalue weighted by atomic mass is 16.1. The fourth-order valence-electron chi connectivity index (χ4n) is 2.20. The molecule has 92 valence electrons. The van der Waals surface area contributed by atoms with E-state index in [2.05, 4.69) is 10.6 Å². The van der Waals surface area contributed by atoms with Gasteiger partial charge in [0, 0.05) is 18.2 Å². The summed E-state index contributed by atoms with van der Waals surface area (Å²) in [7, 11) is 0. The number of nitrogens with one attached hydrogen (secondary N) is 2. The number of hydrogen-bond donors (Lipinski definition) is 2. The van der Waals surface area contributed by atoms with E-state index in [9.17, 15) is 4.79 Å². The predicted octanol–water partition coefficient (Wildman–Crippen LogP) is 1.87. The van der Waals surface area contributed by atoms with Gasteiger partial charge in [-0.05, 0) is 38.4 Å². The Morgan fingerprint density at radius 3 is 3.06 bits per heavy atom. The maximum absolute atomic E-state index is 11.9. The van der Waals surface area contributed by atoms with E-state index in [1.165, 1.54) is 12.8 Å². The van der Waals surface area contributed by atoms with Gasteiger partial charge in [0.2, 0.25) is 0 Å². The molecule has 1 amide bonds. The van der Waals surface area contributed by atoms with Crippen LogP contribution in [-0.2, 0) is 0 Å². The second-order valence-corrected chi connectivity index (χ2v) is 4.73. The van der Waals surface area contributed by atoms with Crippen LogP contribution in [0.15, 0.2) is 24.3 Å². The molecule has 1 unspecified atom stereocenters. The van der Waals surface area contributed by atoms with Gasteiger partial charge in [0.05, 0.1) is 0 Å².